The SMILES string of the molecule is COc1cc2c(cc1OC)[C@@H](C)N([B-]1[CH][CH][CH][NH+]1C(C)(C)C)CC2. The Bertz CT molecular complexity index is 600. The van der Waals surface area contributed by atoms with Gasteiger partial charge in [-0.05, 0) is 76.4 Å². The molecule has 4 nitrogen and oxygen atoms in total. The second-order valence-corrected chi connectivity index (χ2v) is 7.77. The number of fused-ring (bicyclic) bond motifs is 1. The van der Waals surface area contributed by atoms with Crippen LogP contribution in [0.25, 0.3) is 0 Å². The van der Waals surface area contributed by atoms with E-state index < -0.39 is 0 Å². The third-order valence-corrected chi connectivity index (χ3v) is 5.34. The fraction of sp³-hybridized carbons (Fsp3) is 0.526. The van der Waals surface area contributed by atoms with Crippen molar-refractivity contribution in [3.05, 3.63) is 42.5 Å². The zero-order chi connectivity index (χ0) is 17.5. The lowest BCUT2D eigenvalue weighted by atomic mass is 9.65. The van der Waals surface area contributed by atoms with E-state index in [9.17, 15) is 0 Å². The van der Waals surface area contributed by atoms with Crippen molar-refractivity contribution in [3.63, 3.8) is 0 Å². The highest BCUT2D eigenvalue weighted by molar-refractivity contribution is 6.52. The Balaban J connectivity index is 1.90. The van der Waals surface area contributed by atoms with E-state index in [4.69, 9.17) is 9.47 Å². The Kier molecular flexibility index (Phi) is 4.85. The van der Waals surface area contributed by atoms with Gasteiger partial charge in [-0.2, -0.15) is 0 Å². The van der Waals surface area contributed by atoms with Crippen LogP contribution in [0.15, 0.2) is 12.1 Å². The smallest absolute Gasteiger partial charge is 0.215 e. The molecule has 24 heavy (non-hydrogen) atoms. The van der Waals surface area contributed by atoms with Crippen molar-refractivity contribution in [2.24, 2.45) is 0 Å². The summed E-state index contributed by atoms with van der Waals surface area (Å²) >= 11 is 0. The summed E-state index contributed by atoms with van der Waals surface area (Å²) in [6.45, 7) is 12.9. The van der Waals surface area contributed by atoms with Gasteiger partial charge in [0.25, 0.3) is 0 Å². The molecule has 2 heterocycles. The molecule has 2 aliphatic heterocycles. The highest BCUT2D eigenvalue weighted by Crippen LogP contribution is 2.38. The quantitative estimate of drug-likeness (QED) is 0.859. The van der Waals surface area contributed by atoms with Crippen molar-refractivity contribution in [2.45, 2.75) is 45.7 Å². The molecule has 4 radical (unpaired) electrons. The predicted molar refractivity (Wildman–Crippen MR) is 97.7 cm³/mol. The molecule has 1 aromatic carbocycles. The Hall–Kier alpha value is -1.20. The summed E-state index contributed by atoms with van der Waals surface area (Å²) in [7, 11) is 3.40. The van der Waals surface area contributed by atoms with Crippen LogP contribution in [0, 0.1) is 19.3 Å². The van der Waals surface area contributed by atoms with Crippen LogP contribution in [0.3, 0.4) is 0 Å². The standard InChI is InChI=1S/C19H29BN2O2/c1-14-16-13-18(24-6)17(23-5)12-15(16)8-11-21(14)20-9-7-10-22(20)19(2,3)4/h7,9-10,12-14,22H,8,11H2,1-6H3/t14-/m1/s1. The molecule has 2 atom stereocenters. The zero-order valence-electron chi connectivity index (χ0n) is 15.7. The Morgan fingerprint density at radius 2 is 1.83 bits per heavy atom. The molecule has 1 N–H and O–H groups in total. The van der Waals surface area contributed by atoms with Crippen LogP contribution >= 0.6 is 0 Å². The van der Waals surface area contributed by atoms with E-state index >= 15 is 0 Å². The molecule has 1 unspecified atom stereocenters. The van der Waals surface area contributed by atoms with Crippen molar-refractivity contribution >= 4 is 6.98 Å². The first-order chi connectivity index (χ1) is 11.4. The van der Waals surface area contributed by atoms with Gasteiger partial charge in [0.2, 0.25) is 6.98 Å². The van der Waals surface area contributed by atoms with Crippen LogP contribution in [-0.2, 0) is 6.42 Å². The normalized spacial score (nSPS) is 25.6. The van der Waals surface area contributed by atoms with E-state index in [0.717, 1.165) is 24.5 Å². The van der Waals surface area contributed by atoms with Gasteiger partial charge in [-0.25, -0.2) is 0 Å². The topological polar surface area (TPSA) is 26.1 Å². The van der Waals surface area contributed by atoms with Crippen molar-refractivity contribution in [1.29, 1.82) is 0 Å². The maximum atomic E-state index is 5.52. The molecular formula is C19H29BN2O2. The summed E-state index contributed by atoms with van der Waals surface area (Å²) in [6.07, 6.45) is 5.59. The van der Waals surface area contributed by atoms with Gasteiger partial charge < -0.3 is 19.1 Å². The summed E-state index contributed by atoms with van der Waals surface area (Å²) < 4.78 is 11.0. The van der Waals surface area contributed by atoms with E-state index in [1.165, 1.54) is 15.9 Å². The molecule has 5 heteroatoms. The first-order valence-electron chi connectivity index (χ1n) is 8.76. The molecule has 2 aliphatic rings. The number of benzene rings is 1. The number of quaternary nitrogens is 1. The lowest BCUT2D eigenvalue weighted by molar-refractivity contribution is -0.809. The maximum absolute atomic E-state index is 5.52. The second kappa shape index (κ2) is 6.60. The third-order valence-electron chi connectivity index (χ3n) is 5.34. The fourth-order valence-electron chi connectivity index (χ4n) is 3.99. The van der Waals surface area contributed by atoms with Crippen molar-refractivity contribution in [1.82, 2.24) is 4.81 Å². The number of nitrogens with one attached hydrogen (secondary N) is 1. The molecule has 1 aromatic rings. The highest BCUT2D eigenvalue weighted by atomic mass is 16.5. The molecule has 0 aliphatic carbocycles. The van der Waals surface area contributed by atoms with Crippen LogP contribution in [0.5, 0.6) is 11.5 Å². The van der Waals surface area contributed by atoms with Crippen LogP contribution in [0.1, 0.15) is 44.9 Å². The molecule has 0 amide bonds. The predicted octanol–water partition coefficient (Wildman–Crippen LogP) is 1.92. The average Bonchev–Trinajstić information content (AvgIpc) is 3.03. The number of methoxy groups -OCH3 is 2. The first-order valence-corrected chi connectivity index (χ1v) is 8.76. The molecule has 0 saturated carbocycles. The third kappa shape index (κ3) is 3.04. The van der Waals surface area contributed by atoms with Crippen molar-refractivity contribution in [3.8, 4) is 11.5 Å². The van der Waals surface area contributed by atoms with Crippen LogP contribution < -0.4 is 14.3 Å². The molecular weight excluding hydrogens is 299 g/mol. The van der Waals surface area contributed by atoms with Crippen molar-refractivity contribution in [2.75, 3.05) is 20.8 Å². The summed E-state index contributed by atoms with van der Waals surface area (Å²) in [5.41, 5.74) is 2.92. The minimum absolute atomic E-state index is 0.186. The van der Waals surface area contributed by atoms with Gasteiger partial charge in [0.15, 0.2) is 11.5 Å². The van der Waals surface area contributed by atoms with Gasteiger partial charge in [-0.3, -0.25) is 0 Å². The van der Waals surface area contributed by atoms with Gasteiger partial charge in [-0.15, -0.1) is 6.32 Å². The minimum atomic E-state index is 0.186. The number of hydrogen-bond acceptors (Lipinski definition) is 3. The molecule has 3 rings (SSSR count). The van der Waals surface area contributed by atoms with Gasteiger partial charge in [0.05, 0.1) is 20.8 Å². The van der Waals surface area contributed by atoms with E-state index in [1.807, 2.05) is 0 Å². The molecule has 0 spiro atoms. The van der Waals surface area contributed by atoms with Crippen molar-refractivity contribution < 1.29 is 14.3 Å². The maximum Gasteiger partial charge on any atom is 0.215 e. The molecule has 130 valence electrons. The minimum Gasteiger partial charge on any atom is -0.522 e. The second-order valence-electron chi connectivity index (χ2n) is 7.77. The van der Waals surface area contributed by atoms with Crippen LogP contribution in [-0.4, -0.2) is 38.1 Å². The van der Waals surface area contributed by atoms with E-state index in [1.54, 1.807) is 14.2 Å². The summed E-state index contributed by atoms with van der Waals surface area (Å²) in [5.74, 6) is 1.64. The monoisotopic (exact) mass is 328 g/mol. The Morgan fingerprint density at radius 1 is 1.17 bits per heavy atom. The average molecular weight is 328 g/mol. The largest absolute Gasteiger partial charge is 0.522 e. The fourth-order valence-corrected chi connectivity index (χ4v) is 3.99. The van der Waals surface area contributed by atoms with E-state index in [0.29, 0.717) is 13.0 Å². The molecule has 0 aromatic heterocycles. The molecule has 1 saturated heterocycles. The zero-order valence-corrected chi connectivity index (χ0v) is 15.7. The van der Waals surface area contributed by atoms with Gasteiger partial charge in [-0.1, -0.05) is 0 Å². The van der Waals surface area contributed by atoms with Crippen LogP contribution in [0.2, 0.25) is 0 Å². The van der Waals surface area contributed by atoms with E-state index in [-0.39, 0.29) is 5.54 Å². The first kappa shape index (κ1) is 17.6. The lowest BCUT2D eigenvalue weighted by Crippen LogP contribution is -3.22. The summed E-state index contributed by atoms with van der Waals surface area (Å²) in [6, 6.07) is 4.66. The molecule has 1 fully saturated rings. The van der Waals surface area contributed by atoms with Gasteiger partial charge in [0.1, 0.15) is 0 Å². The van der Waals surface area contributed by atoms with Gasteiger partial charge >= 0.3 is 0 Å². The molecule has 0 bridgehead atoms. The van der Waals surface area contributed by atoms with E-state index in [2.05, 4.69) is 63.9 Å². The number of ether oxygens (including phenoxy) is 2. The summed E-state index contributed by atoms with van der Waals surface area (Å²) in [5, 5.41) is 0. The summed E-state index contributed by atoms with van der Waals surface area (Å²) in [4.78, 5) is 4.10. The highest BCUT2D eigenvalue weighted by Gasteiger charge is 2.38. The van der Waals surface area contributed by atoms with Gasteiger partial charge in [0, 0.05) is 5.54 Å². The number of hydrogen-bond donors (Lipinski definition) is 1. The lowest BCUT2D eigenvalue weighted by Gasteiger charge is -2.51. The Morgan fingerprint density at radius 3 is 2.46 bits per heavy atom. The van der Waals surface area contributed by atoms with Crippen LogP contribution in [0.4, 0.5) is 0 Å². The number of rotatable bonds is 3. The number of nitrogens with zero attached hydrogens (tertiary/aromatic N) is 1. The Labute approximate surface area is 147 Å².